The highest BCUT2D eigenvalue weighted by Gasteiger charge is 2.22. The minimum absolute atomic E-state index is 0.111. The zero-order valence-corrected chi connectivity index (χ0v) is 8.34. The highest BCUT2D eigenvalue weighted by Crippen LogP contribution is 2.05. The molecule has 1 fully saturated rings. The standard InChI is InChI=1S/C9H16N2O3/c1-7(12)10-5-6-14-9(13)8-3-2-4-11-8/h8,11H,2-6H2,1H3,(H,10,12)/t8-/m0/s1. The molecule has 1 amide bonds. The molecule has 1 aliphatic heterocycles. The normalized spacial score (nSPS) is 20.5. The van der Waals surface area contributed by atoms with E-state index in [2.05, 4.69) is 10.6 Å². The fourth-order valence-corrected chi connectivity index (χ4v) is 1.37. The maximum atomic E-state index is 11.3. The molecular weight excluding hydrogens is 184 g/mol. The summed E-state index contributed by atoms with van der Waals surface area (Å²) >= 11 is 0. The third-order valence-electron chi connectivity index (χ3n) is 2.07. The van der Waals surface area contributed by atoms with E-state index in [9.17, 15) is 9.59 Å². The quantitative estimate of drug-likeness (QED) is 0.470. The lowest BCUT2D eigenvalue weighted by molar-refractivity contribution is -0.145. The summed E-state index contributed by atoms with van der Waals surface area (Å²) in [6, 6.07) is -0.146. The van der Waals surface area contributed by atoms with Crippen molar-refractivity contribution < 1.29 is 14.3 Å². The third-order valence-corrected chi connectivity index (χ3v) is 2.07. The van der Waals surface area contributed by atoms with Crippen LogP contribution >= 0.6 is 0 Å². The number of carbonyl (C=O) groups excluding carboxylic acids is 2. The van der Waals surface area contributed by atoms with E-state index >= 15 is 0 Å². The van der Waals surface area contributed by atoms with E-state index in [-0.39, 0.29) is 24.5 Å². The first-order chi connectivity index (χ1) is 6.70. The van der Waals surface area contributed by atoms with Crippen LogP contribution in [0, 0.1) is 0 Å². The number of amides is 1. The third kappa shape index (κ3) is 3.74. The summed E-state index contributed by atoms with van der Waals surface area (Å²) in [6.07, 6.45) is 1.87. The molecule has 1 saturated heterocycles. The van der Waals surface area contributed by atoms with Gasteiger partial charge >= 0.3 is 5.97 Å². The summed E-state index contributed by atoms with van der Waals surface area (Å²) in [4.78, 5) is 21.8. The molecular formula is C9H16N2O3. The van der Waals surface area contributed by atoms with Crippen LogP contribution in [0.15, 0.2) is 0 Å². The van der Waals surface area contributed by atoms with Gasteiger partial charge < -0.3 is 15.4 Å². The molecule has 1 rings (SSSR count). The van der Waals surface area contributed by atoms with Gasteiger partial charge in [0.2, 0.25) is 5.91 Å². The lowest BCUT2D eigenvalue weighted by Gasteiger charge is -2.10. The monoisotopic (exact) mass is 200 g/mol. The SMILES string of the molecule is CC(=O)NCCOC(=O)[C@@H]1CCCN1. The summed E-state index contributed by atoms with van der Waals surface area (Å²) in [6.45, 7) is 2.94. The van der Waals surface area contributed by atoms with E-state index in [0.717, 1.165) is 19.4 Å². The molecule has 1 atom stereocenters. The van der Waals surface area contributed by atoms with Crippen LogP contribution < -0.4 is 10.6 Å². The molecule has 0 aromatic heterocycles. The van der Waals surface area contributed by atoms with Gasteiger partial charge in [-0.1, -0.05) is 0 Å². The lowest BCUT2D eigenvalue weighted by Crippen LogP contribution is -2.34. The molecule has 0 aromatic rings. The fourth-order valence-electron chi connectivity index (χ4n) is 1.37. The predicted octanol–water partition coefficient (Wildman–Crippen LogP) is -0.582. The van der Waals surface area contributed by atoms with Gasteiger partial charge in [0, 0.05) is 6.92 Å². The minimum atomic E-state index is -0.215. The van der Waals surface area contributed by atoms with E-state index in [1.807, 2.05) is 0 Å². The van der Waals surface area contributed by atoms with E-state index < -0.39 is 0 Å². The molecule has 1 aliphatic rings. The average molecular weight is 200 g/mol. The van der Waals surface area contributed by atoms with Crippen LogP contribution in [0.25, 0.3) is 0 Å². The number of rotatable bonds is 4. The van der Waals surface area contributed by atoms with Crippen LogP contribution in [0.1, 0.15) is 19.8 Å². The van der Waals surface area contributed by atoms with Gasteiger partial charge in [-0.15, -0.1) is 0 Å². The van der Waals surface area contributed by atoms with Gasteiger partial charge in [-0.3, -0.25) is 9.59 Å². The van der Waals surface area contributed by atoms with Crippen molar-refractivity contribution in [2.24, 2.45) is 0 Å². The van der Waals surface area contributed by atoms with Gasteiger partial charge in [0.25, 0.3) is 0 Å². The average Bonchev–Trinajstić information content (AvgIpc) is 2.64. The van der Waals surface area contributed by atoms with Crippen molar-refractivity contribution in [3.8, 4) is 0 Å². The highest BCUT2D eigenvalue weighted by molar-refractivity contribution is 5.76. The van der Waals surface area contributed by atoms with Crippen LogP contribution in [0.2, 0.25) is 0 Å². The highest BCUT2D eigenvalue weighted by atomic mass is 16.5. The summed E-state index contributed by atoms with van der Waals surface area (Å²) in [5, 5.41) is 5.60. The number of hydrogen-bond acceptors (Lipinski definition) is 4. The Morgan fingerprint density at radius 2 is 2.36 bits per heavy atom. The van der Waals surface area contributed by atoms with Gasteiger partial charge in [-0.25, -0.2) is 0 Å². The second kappa shape index (κ2) is 5.59. The van der Waals surface area contributed by atoms with Crippen LogP contribution in [-0.4, -0.2) is 37.6 Å². The Balaban J connectivity index is 2.05. The zero-order valence-electron chi connectivity index (χ0n) is 8.34. The molecule has 0 radical (unpaired) electrons. The molecule has 5 nitrogen and oxygen atoms in total. The molecule has 0 spiro atoms. The topological polar surface area (TPSA) is 67.4 Å². The van der Waals surface area contributed by atoms with E-state index in [1.165, 1.54) is 6.92 Å². The Hall–Kier alpha value is -1.10. The molecule has 0 saturated carbocycles. The Morgan fingerprint density at radius 1 is 1.57 bits per heavy atom. The minimum Gasteiger partial charge on any atom is -0.463 e. The first-order valence-corrected chi connectivity index (χ1v) is 4.84. The van der Waals surface area contributed by atoms with Gasteiger partial charge in [-0.05, 0) is 19.4 Å². The molecule has 0 unspecified atom stereocenters. The number of nitrogens with one attached hydrogen (secondary N) is 2. The number of carbonyl (C=O) groups is 2. The first kappa shape index (κ1) is 11.0. The summed E-state index contributed by atoms with van der Waals surface area (Å²) in [7, 11) is 0. The van der Waals surface area contributed by atoms with Crippen molar-refractivity contribution in [1.29, 1.82) is 0 Å². The van der Waals surface area contributed by atoms with Crippen LogP contribution in [-0.2, 0) is 14.3 Å². The van der Waals surface area contributed by atoms with E-state index in [0.29, 0.717) is 6.54 Å². The number of hydrogen-bond donors (Lipinski definition) is 2. The van der Waals surface area contributed by atoms with E-state index in [4.69, 9.17) is 4.74 Å². The Bertz CT molecular complexity index is 212. The largest absolute Gasteiger partial charge is 0.463 e. The first-order valence-electron chi connectivity index (χ1n) is 4.84. The van der Waals surface area contributed by atoms with Crippen molar-refractivity contribution in [3.05, 3.63) is 0 Å². The van der Waals surface area contributed by atoms with Gasteiger partial charge in [-0.2, -0.15) is 0 Å². The van der Waals surface area contributed by atoms with Crippen molar-refractivity contribution >= 4 is 11.9 Å². The van der Waals surface area contributed by atoms with Crippen molar-refractivity contribution in [2.45, 2.75) is 25.8 Å². The maximum absolute atomic E-state index is 11.3. The molecule has 14 heavy (non-hydrogen) atoms. The molecule has 0 aromatic carbocycles. The summed E-state index contributed by atoms with van der Waals surface area (Å²) in [5.74, 6) is -0.326. The van der Waals surface area contributed by atoms with Crippen molar-refractivity contribution in [2.75, 3.05) is 19.7 Å². The van der Waals surface area contributed by atoms with Gasteiger partial charge in [0.1, 0.15) is 12.6 Å². The van der Waals surface area contributed by atoms with Crippen molar-refractivity contribution in [1.82, 2.24) is 10.6 Å². The van der Waals surface area contributed by atoms with Crippen LogP contribution in [0.3, 0.4) is 0 Å². The molecule has 0 bridgehead atoms. The molecule has 2 N–H and O–H groups in total. The summed E-state index contributed by atoms with van der Waals surface area (Å²) < 4.78 is 4.96. The van der Waals surface area contributed by atoms with Crippen LogP contribution in [0.4, 0.5) is 0 Å². The fraction of sp³-hybridized carbons (Fsp3) is 0.778. The molecule has 80 valence electrons. The number of ether oxygens (including phenoxy) is 1. The Morgan fingerprint density at radius 3 is 2.93 bits per heavy atom. The Kier molecular flexibility index (Phi) is 4.39. The summed E-state index contributed by atoms with van der Waals surface area (Å²) in [5.41, 5.74) is 0. The lowest BCUT2D eigenvalue weighted by atomic mass is 10.2. The second-order valence-corrected chi connectivity index (χ2v) is 3.30. The second-order valence-electron chi connectivity index (χ2n) is 3.30. The Labute approximate surface area is 83.2 Å². The molecule has 0 aliphatic carbocycles. The molecule has 5 heteroatoms. The predicted molar refractivity (Wildman–Crippen MR) is 50.7 cm³/mol. The van der Waals surface area contributed by atoms with Gasteiger partial charge in [0.15, 0.2) is 0 Å². The smallest absolute Gasteiger partial charge is 0.323 e. The maximum Gasteiger partial charge on any atom is 0.323 e. The van der Waals surface area contributed by atoms with Crippen molar-refractivity contribution in [3.63, 3.8) is 0 Å². The van der Waals surface area contributed by atoms with Crippen LogP contribution in [0.5, 0.6) is 0 Å². The zero-order chi connectivity index (χ0) is 10.4. The number of esters is 1. The molecule has 1 heterocycles. The van der Waals surface area contributed by atoms with E-state index in [1.54, 1.807) is 0 Å². The van der Waals surface area contributed by atoms with Gasteiger partial charge in [0.05, 0.1) is 6.54 Å².